The number of carbonyl (C=O) groups is 2. The van der Waals surface area contributed by atoms with Crippen molar-refractivity contribution in [3.05, 3.63) is 58.9 Å². The fraction of sp³-hybridized carbons (Fsp3) is 0.263. The highest BCUT2D eigenvalue weighted by Crippen LogP contribution is 2.22. The zero-order valence-corrected chi connectivity index (χ0v) is 15.6. The van der Waals surface area contributed by atoms with Gasteiger partial charge in [-0.05, 0) is 31.2 Å². The summed E-state index contributed by atoms with van der Waals surface area (Å²) in [5, 5.41) is 5.13. The van der Waals surface area contributed by atoms with Crippen molar-refractivity contribution in [1.29, 1.82) is 0 Å². The number of amides is 2. The number of rotatable bonds is 7. The highest BCUT2D eigenvalue weighted by molar-refractivity contribution is 5.92. The van der Waals surface area contributed by atoms with E-state index in [1.807, 2.05) is 0 Å². The second-order valence-electron chi connectivity index (χ2n) is 6.31. The van der Waals surface area contributed by atoms with E-state index < -0.39 is 47.1 Å². The Morgan fingerprint density at radius 3 is 1.72 bits per heavy atom. The van der Waals surface area contributed by atoms with Crippen LogP contribution < -0.4 is 15.5 Å². The molecule has 0 aromatic heterocycles. The van der Waals surface area contributed by atoms with Crippen LogP contribution in [0.5, 0.6) is 0 Å². The first-order valence-corrected chi connectivity index (χ1v) is 8.65. The fourth-order valence-corrected chi connectivity index (χ4v) is 2.64. The molecule has 2 rings (SSSR count). The van der Waals surface area contributed by atoms with E-state index in [0.29, 0.717) is 16.3 Å². The number of anilines is 2. The minimum Gasteiger partial charge on any atom is -0.326 e. The van der Waals surface area contributed by atoms with Crippen molar-refractivity contribution in [2.75, 3.05) is 23.7 Å². The van der Waals surface area contributed by atoms with Crippen molar-refractivity contribution >= 4 is 23.2 Å². The Morgan fingerprint density at radius 1 is 0.828 bits per heavy atom. The predicted molar refractivity (Wildman–Crippen MR) is 95.7 cm³/mol. The Labute approximate surface area is 163 Å². The molecule has 2 amide bonds. The van der Waals surface area contributed by atoms with Gasteiger partial charge in [-0.15, -0.1) is 0 Å². The number of hydrogen-bond acceptors (Lipinski definition) is 2. The van der Waals surface area contributed by atoms with E-state index in [0.717, 1.165) is 0 Å². The molecule has 29 heavy (non-hydrogen) atoms. The van der Waals surface area contributed by atoms with Crippen molar-refractivity contribution in [1.82, 2.24) is 0 Å². The number of halogens is 5. The molecule has 3 N–H and O–H groups in total. The van der Waals surface area contributed by atoms with Gasteiger partial charge in [-0.2, -0.15) is 0 Å². The second-order valence-corrected chi connectivity index (χ2v) is 6.31. The molecule has 5 nitrogen and oxygen atoms in total. The van der Waals surface area contributed by atoms with Crippen molar-refractivity contribution < 1.29 is 36.4 Å². The fourth-order valence-electron chi connectivity index (χ4n) is 2.64. The summed E-state index contributed by atoms with van der Waals surface area (Å²) in [5.74, 6) is -10.8. The molecule has 156 valence electrons. The largest absolute Gasteiger partial charge is 0.326 e. The summed E-state index contributed by atoms with van der Waals surface area (Å²) in [6.45, 7) is 2.34. The van der Waals surface area contributed by atoms with Crippen molar-refractivity contribution in [3.8, 4) is 0 Å². The standard InChI is InChI=1S/C19H18F5N3O2/c1-3-27(8-13-15(20)17(22)19(24)18(23)16(13)21)9-14(29)26-12-6-4-11(5-7-12)25-10(2)28/h4-7H,3,8-9H2,1-2H3,(H,25,28)(H,26,29)/p+1. The van der Waals surface area contributed by atoms with Crippen LogP contribution in [-0.4, -0.2) is 24.9 Å². The van der Waals surface area contributed by atoms with Gasteiger partial charge in [0.2, 0.25) is 11.7 Å². The van der Waals surface area contributed by atoms with Crippen LogP contribution in [0.2, 0.25) is 0 Å². The Morgan fingerprint density at radius 2 is 1.28 bits per heavy atom. The molecule has 0 bridgehead atoms. The van der Waals surface area contributed by atoms with Gasteiger partial charge in [-0.25, -0.2) is 22.0 Å². The van der Waals surface area contributed by atoms with Crippen molar-refractivity contribution in [3.63, 3.8) is 0 Å². The highest BCUT2D eigenvalue weighted by Gasteiger charge is 2.28. The van der Waals surface area contributed by atoms with Gasteiger partial charge in [0.1, 0.15) is 6.54 Å². The van der Waals surface area contributed by atoms with Crippen LogP contribution in [0.1, 0.15) is 19.4 Å². The number of nitrogens with one attached hydrogen (secondary N) is 3. The molecule has 0 aliphatic carbocycles. The lowest BCUT2D eigenvalue weighted by Gasteiger charge is -2.18. The third-order valence-corrected chi connectivity index (χ3v) is 4.13. The Kier molecular flexibility index (Phi) is 7.27. The molecule has 2 aromatic rings. The van der Waals surface area contributed by atoms with Crippen molar-refractivity contribution in [2.45, 2.75) is 20.4 Å². The molecular weight excluding hydrogens is 397 g/mol. The maximum absolute atomic E-state index is 13.8. The molecule has 2 aromatic carbocycles. The predicted octanol–water partition coefficient (Wildman–Crippen LogP) is 2.38. The Hall–Kier alpha value is -3.01. The number of likely N-dealkylation sites (N-methyl/N-ethyl adjacent to an activating group) is 1. The van der Waals surface area contributed by atoms with E-state index in [1.165, 1.54) is 6.92 Å². The maximum Gasteiger partial charge on any atom is 0.279 e. The molecule has 0 radical (unpaired) electrons. The van der Waals surface area contributed by atoms with E-state index >= 15 is 0 Å². The van der Waals surface area contributed by atoms with E-state index in [-0.39, 0.29) is 19.0 Å². The average molecular weight is 416 g/mol. The van der Waals surface area contributed by atoms with Gasteiger partial charge in [-0.1, -0.05) is 0 Å². The first-order chi connectivity index (χ1) is 13.6. The minimum atomic E-state index is -2.22. The molecule has 0 fully saturated rings. The van der Waals surface area contributed by atoms with Crippen LogP contribution in [0.4, 0.5) is 33.3 Å². The summed E-state index contributed by atoms with van der Waals surface area (Å²) in [6, 6.07) is 6.21. The quantitative estimate of drug-likeness (QED) is 0.369. The first-order valence-electron chi connectivity index (χ1n) is 8.65. The summed E-state index contributed by atoms with van der Waals surface area (Å²) in [7, 11) is 0. The van der Waals surface area contributed by atoms with E-state index in [9.17, 15) is 31.5 Å². The topological polar surface area (TPSA) is 62.6 Å². The number of quaternary nitrogens is 1. The first kappa shape index (κ1) is 22.3. The number of carbonyl (C=O) groups excluding carboxylic acids is 2. The molecular formula is C19H19F5N3O2+. The minimum absolute atomic E-state index is 0.203. The smallest absolute Gasteiger partial charge is 0.279 e. The summed E-state index contributed by atoms with van der Waals surface area (Å²) in [4.78, 5) is 23.5. The molecule has 0 saturated carbocycles. The molecule has 1 unspecified atom stereocenters. The number of benzene rings is 2. The SMILES string of the molecule is CC[NH+](CC(=O)Nc1ccc(NC(C)=O)cc1)Cc1c(F)c(F)c(F)c(F)c1F. The molecule has 0 saturated heterocycles. The summed E-state index contributed by atoms with van der Waals surface area (Å²) >= 11 is 0. The lowest BCUT2D eigenvalue weighted by Crippen LogP contribution is -3.11. The lowest BCUT2D eigenvalue weighted by molar-refractivity contribution is -0.904. The Bertz CT molecular complexity index is 890. The average Bonchev–Trinajstić information content (AvgIpc) is 2.68. The third-order valence-electron chi connectivity index (χ3n) is 4.13. The van der Waals surface area contributed by atoms with Crippen LogP contribution in [-0.2, 0) is 16.1 Å². The van der Waals surface area contributed by atoms with Crippen LogP contribution in [0.25, 0.3) is 0 Å². The van der Waals surface area contributed by atoms with Gasteiger partial charge in [-0.3, -0.25) is 9.59 Å². The van der Waals surface area contributed by atoms with Gasteiger partial charge in [0.25, 0.3) is 5.91 Å². The maximum atomic E-state index is 13.8. The molecule has 0 heterocycles. The van der Waals surface area contributed by atoms with Gasteiger partial charge < -0.3 is 15.5 Å². The van der Waals surface area contributed by atoms with Crippen LogP contribution in [0, 0.1) is 29.1 Å². The van der Waals surface area contributed by atoms with Gasteiger partial charge in [0.15, 0.2) is 29.8 Å². The zero-order chi connectivity index (χ0) is 21.7. The molecule has 0 spiro atoms. The highest BCUT2D eigenvalue weighted by atomic mass is 19.2. The summed E-state index contributed by atoms with van der Waals surface area (Å²) in [6.07, 6.45) is 0. The molecule has 0 aliphatic heterocycles. The number of hydrogen-bond donors (Lipinski definition) is 3. The van der Waals surface area contributed by atoms with Gasteiger partial charge >= 0.3 is 0 Å². The van der Waals surface area contributed by atoms with E-state index in [1.54, 1.807) is 31.2 Å². The summed E-state index contributed by atoms with van der Waals surface area (Å²) < 4.78 is 67.5. The zero-order valence-electron chi connectivity index (χ0n) is 15.6. The molecule has 10 heteroatoms. The van der Waals surface area contributed by atoms with Gasteiger partial charge in [0.05, 0.1) is 12.1 Å². The van der Waals surface area contributed by atoms with Crippen LogP contribution in [0.3, 0.4) is 0 Å². The summed E-state index contributed by atoms with van der Waals surface area (Å²) in [5.41, 5.74) is -0.0240. The lowest BCUT2D eigenvalue weighted by atomic mass is 10.1. The van der Waals surface area contributed by atoms with E-state index in [2.05, 4.69) is 10.6 Å². The monoisotopic (exact) mass is 416 g/mol. The molecule has 0 aliphatic rings. The van der Waals surface area contributed by atoms with E-state index in [4.69, 9.17) is 0 Å². The molecule has 1 atom stereocenters. The van der Waals surface area contributed by atoms with Crippen LogP contribution >= 0.6 is 0 Å². The Balaban J connectivity index is 2.07. The second kappa shape index (κ2) is 9.46. The third kappa shape index (κ3) is 5.50. The normalized spacial score (nSPS) is 11.8. The van der Waals surface area contributed by atoms with Crippen LogP contribution in [0.15, 0.2) is 24.3 Å². The van der Waals surface area contributed by atoms with Crippen molar-refractivity contribution in [2.24, 2.45) is 0 Å². The van der Waals surface area contributed by atoms with Gasteiger partial charge in [0, 0.05) is 18.3 Å².